The van der Waals surface area contributed by atoms with E-state index in [4.69, 9.17) is 4.74 Å². The number of piperidine rings is 1. The highest BCUT2D eigenvalue weighted by molar-refractivity contribution is 5.92. The van der Waals surface area contributed by atoms with E-state index in [9.17, 15) is 10.0 Å². The fourth-order valence-electron chi connectivity index (χ4n) is 6.01. The van der Waals surface area contributed by atoms with Crippen LogP contribution in [-0.4, -0.2) is 41.8 Å². The largest absolute Gasteiger partial charge is 0.632 e. The molecule has 1 aliphatic carbocycles. The molecule has 1 N–H and O–H groups in total. The Kier molecular flexibility index (Phi) is 3.22. The van der Waals surface area contributed by atoms with Crippen molar-refractivity contribution in [3.8, 4) is 0 Å². The van der Waals surface area contributed by atoms with Gasteiger partial charge in [0.05, 0.1) is 20.2 Å². The summed E-state index contributed by atoms with van der Waals surface area (Å²) < 4.78 is 5.03. The van der Waals surface area contributed by atoms with Gasteiger partial charge in [0.1, 0.15) is 6.04 Å². The van der Waals surface area contributed by atoms with Crippen LogP contribution in [0, 0.1) is 11.1 Å². The molecule has 0 radical (unpaired) electrons. The van der Waals surface area contributed by atoms with Gasteiger partial charge in [-0.2, -0.15) is 0 Å². The minimum atomic E-state index is -0.898. The molecule has 0 amide bonds. The van der Waals surface area contributed by atoms with Gasteiger partial charge in [-0.15, -0.1) is 0 Å². The third kappa shape index (κ3) is 1.80. The number of rotatable bonds is 2. The average Bonchev–Trinajstić information content (AvgIpc) is 3.00. The van der Waals surface area contributed by atoms with E-state index < -0.39 is 5.41 Å². The number of methoxy groups -OCH3 is 1. The number of hydroxylamine groups is 3. The van der Waals surface area contributed by atoms with Crippen LogP contribution in [0.3, 0.4) is 0 Å². The molecule has 136 valence electrons. The van der Waals surface area contributed by atoms with E-state index in [0.717, 1.165) is 34.2 Å². The number of hydrogen-bond acceptors (Lipinski definition) is 3. The number of carbonyl (C=O) groups is 1. The first kappa shape index (κ1) is 16.1. The Bertz CT molecular complexity index is 946. The maximum absolute atomic E-state index is 13.9. The van der Waals surface area contributed by atoms with Gasteiger partial charge in [-0.3, -0.25) is 4.79 Å². The Labute approximate surface area is 152 Å². The number of H-pyrrole nitrogens is 1. The van der Waals surface area contributed by atoms with E-state index in [0.29, 0.717) is 25.9 Å². The van der Waals surface area contributed by atoms with Crippen molar-refractivity contribution in [2.24, 2.45) is 5.92 Å². The maximum atomic E-state index is 13.9. The molecule has 1 fully saturated rings. The van der Waals surface area contributed by atoms with Gasteiger partial charge in [-0.05, 0) is 30.0 Å². The van der Waals surface area contributed by atoms with E-state index >= 15 is 0 Å². The quantitative estimate of drug-likeness (QED) is 0.391. The summed E-state index contributed by atoms with van der Waals surface area (Å²) in [7, 11) is 1.45. The van der Waals surface area contributed by atoms with Crippen LogP contribution in [0.25, 0.3) is 10.9 Å². The zero-order chi connectivity index (χ0) is 18.1. The zero-order valence-corrected chi connectivity index (χ0v) is 15.2. The number of aromatic amines is 1. The molecule has 4 bridgehead atoms. The summed E-state index contributed by atoms with van der Waals surface area (Å²) in [5, 5.41) is 15.1. The van der Waals surface area contributed by atoms with Gasteiger partial charge in [0.2, 0.25) is 0 Å². The number of nitrogens with zero attached hydrogens (tertiary/aromatic N) is 1. The predicted octanol–water partition coefficient (Wildman–Crippen LogP) is 3.19. The lowest BCUT2D eigenvalue weighted by atomic mass is 9.60. The number of nitrogens with one attached hydrogen (secondary N) is 1. The molecule has 2 aromatic rings. The number of benzene rings is 1. The minimum absolute atomic E-state index is 0.129. The van der Waals surface area contributed by atoms with Crippen LogP contribution in [0.5, 0.6) is 0 Å². The van der Waals surface area contributed by atoms with Crippen molar-refractivity contribution in [1.29, 1.82) is 0 Å². The molecule has 0 saturated carbocycles. The third-order valence-electron chi connectivity index (χ3n) is 6.82. The highest BCUT2D eigenvalue weighted by Gasteiger charge is 2.65. The molecule has 5 heteroatoms. The first-order valence-electron chi connectivity index (χ1n) is 9.50. The molecule has 0 spiro atoms. The molecule has 4 aliphatic rings. The van der Waals surface area contributed by atoms with Crippen LogP contribution in [0.1, 0.15) is 31.0 Å². The number of esters is 1. The summed E-state index contributed by atoms with van der Waals surface area (Å²) in [6.45, 7) is 3.18. The first-order valence-corrected chi connectivity index (χ1v) is 9.50. The topological polar surface area (TPSA) is 65.2 Å². The summed E-state index contributed by atoms with van der Waals surface area (Å²) in [5.74, 6) is -0.136. The molecule has 26 heavy (non-hydrogen) atoms. The fraction of sp³-hybridized carbons (Fsp3) is 0.476. The van der Waals surface area contributed by atoms with Crippen LogP contribution in [-0.2, 0) is 21.4 Å². The monoisotopic (exact) mass is 352 g/mol. The van der Waals surface area contributed by atoms with E-state index in [2.05, 4.69) is 24.1 Å². The molecule has 0 unspecified atom stereocenters. The van der Waals surface area contributed by atoms with Crippen LogP contribution >= 0.6 is 0 Å². The lowest BCUT2D eigenvalue weighted by molar-refractivity contribution is -0.913. The van der Waals surface area contributed by atoms with Gasteiger partial charge in [0.25, 0.3) is 0 Å². The van der Waals surface area contributed by atoms with Crippen molar-refractivity contribution < 1.29 is 14.2 Å². The molecule has 1 aromatic carbocycles. The number of carbonyl (C=O) groups excluding carboxylic acids is 1. The Morgan fingerprint density at radius 1 is 1.42 bits per heavy atom. The van der Waals surface area contributed by atoms with Crippen LogP contribution in [0.4, 0.5) is 0 Å². The van der Waals surface area contributed by atoms with E-state index in [1.54, 1.807) is 0 Å². The Morgan fingerprint density at radius 2 is 2.23 bits per heavy atom. The average molecular weight is 352 g/mol. The second-order valence-corrected chi connectivity index (χ2v) is 8.06. The van der Waals surface area contributed by atoms with Gasteiger partial charge in [-0.1, -0.05) is 31.2 Å². The molecule has 1 saturated heterocycles. The summed E-state index contributed by atoms with van der Waals surface area (Å²) in [6, 6.07) is 7.78. The van der Waals surface area contributed by atoms with Crippen molar-refractivity contribution in [3.05, 3.63) is 52.4 Å². The minimum Gasteiger partial charge on any atom is -0.632 e. The number of hydrogen-bond donors (Lipinski definition) is 1. The standard InChI is InChI=1S/C21H24N2O3/c1-3-14-10-13-11-21(20(24)26-2)18-16(8-9-23(25,12-13)19(14)21)15-6-4-5-7-17(15)22-18/h4-7,10,13,19,22H,3,8-9,11-12H2,1-2H3/t13-,19+,21-,23-/m0/s1. The molecule has 5 nitrogen and oxygen atoms in total. The molecule has 6 rings (SSSR count). The second-order valence-electron chi connectivity index (χ2n) is 8.06. The number of ether oxygens (including phenoxy) is 1. The molecule has 3 aliphatic heterocycles. The molecular formula is C21H24N2O3. The van der Waals surface area contributed by atoms with E-state index in [1.165, 1.54) is 7.11 Å². The summed E-state index contributed by atoms with van der Waals surface area (Å²) in [6.07, 6.45) is 4.42. The lowest BCUT2D eigenvalue weighted by Crippen LogP contribution is -2.70. The Balaban J connectivity index is 1.86. The van der Waals surface area contributed by atoms with Crippen LogP contribution in [0.15, 0.2) is 35.9 Å². The summed E-state index contributed by atoms with van der Waals surface area (Å²) in [4.78, 5) is 16.8. The van der Waals surface area contributed by atoms with Crippen molar-refractivity contribution in [3.63, 3.8) is 0 Å². The van der Waals surface area contributed by atoms with Crippen molar-refractivity contribution >= 4 is 16.9 Å². The number of fused-ring (bicyclic) bond motifs is 3. The highest BCUT2D eigenvalue weighted by Crippen LogP contribution is 2.55. The Hall–Kier alpha value is -2.11. The van der Waals surface area contributed by atoms with E-state index in [-0.39, 0.29) is 22.6 Å². The van der Waals surface area contributed by atoms with Crippen LogP contribution < -0.4 is 0 Å². The molecular weight excluding hydrogens is 328 g/mol. The van der Waals surface area contributed by atoms with Crippen LogP contribution in [0.2, 0.25) is 0 Å². The highest BCUT2D eigenvalue weighted by atomic mass is 16.6. The normalized spacial score (nSPS) is 35.0. The molecule has 4 heterocycles. The van der Waals surface area contributed by atoms with Gasteiger partial charge in [0.15, 0.2) is 5.41 Å². The molecule has 4 atom stereocenters. The van der Waals surface area contributed by atoms with Gasteiger partial charge < -0.3 is 19.6 Å². The SMILES string of the molecule is CCC1=C[C@H]2C[C@]3(C(=O)OC)c4[nH]c5ccccc5c4CC[N@+]([O-])(C2)[C@H]13. The third-order valence-corrected chi connectivity index (χ3v) is 6.82. The maximum Gasteiger partial charge on any atom is 0.324 e. The summed E-state index contributed by atoms with van der Waals surface area (Å²) >= 11 is 0. The van der Waals surface area contributed by atoms with E-state index in [1.807, 2.05) is 18.2 Å². The summed E-state index contributed by atoms with van der Waals surface area (Å²) in [5.41, 5.74) is 3.32. The number of para-hydroxylation sites is 1. The first-order chi connectivity index (χ1) is 12.5. The van der Waals surface area contributed by atoms with Crippen molar-refractivity contribution in [2.45, 2.75) is 37.6 Å². The van der Waals surface area contributed by atoms with Crippen molar-refractivity contribution in [2.75, 3.05) is 20.2 Å². The lowest BCUT2D eigenvalue weighted by Gasteiger charge is -2.61. The second kappa shape index (κ2) is 5.21. The number of quaternary nitrogens is 1. The van der Waals surface area contributed by atoms with Crippen molar-refractivity contribution in [1.82, 2.24) is 4.98 Å². The van der Waals surface area contributed by atoms with Gasteiger partial charge in [-0.25, -0.2) is 0 Å². The predicted molar refractivity (Wildman–Crippen MR) is 99.3 cm³/mol. The smallest absolute Gasteiger partial charge is 0.324 e. The number of aromatic nitrogens is 1. The van der Waals surface area contributed by atoms with Gasteiger partial charge >= 0.3 is 5.97 Å². The zero-order valence-electron chi connectivity index (χ0n) is 15.2. The van der Waals surface area contributed by atoms with Gasteiger partial charge in [0, 0.05) is 28.9 Å². The molecule has 1 aromatic heterocycles. The Morgan fingerprint density at radius 3 is 3.00 bits per heavy atom. The fourth-order valence-corrected chi connectivity index (χ4v) is 6.01.